The van der Waals surface area contributed by atoms with E-state index in [0.717, 1.165) is 16.2 Å². The maximum absolute atomic E-state index is 10.5. The minimum atomic E-state index is -0.812. The molecular formula is C21H25N5O3S. The highest BCUT2D eigenvalue weighted by molar-refractivity contribution is 7.17. The van der Waals surface area contributed by atoms with E-state index in [1.807, 2.05) is 24.3 Å². The Labute approximate surface area is 178 Å². The monoisotopic (exact) mass is 427 g/mol. The number of aromatic nitrogens is 3. The highest BCUT2D eigenvalue weighted by atomic mass is 32.1. The van der Waals surface area contributed by atoms with E-state index in [9.17, 15) is 4.79 Å². The molecule has 30 heavy (non-hydrogen) atoms. The zero-order chi connectivity index (χ0) is 20.8. The Kier molecular flexibility index (Phi) is 6.58. The van der Waals surface area contributed by atoms with Crippen LogP contribution in [-0.2, 0) is 4.79 Å². The Balaban J connectivity index is 1.42. The number of hydrogen-bond donors (Lipinski definition) is 3. The molecule has 2 aromatic heterocycles. The minimum absolute atomic E-state index is 0.104. The number of anilines is 3. The normalized spacial score (nSPS) is 14.5. The summed E-state index contributed by atoms with van der Waals surface area (Å²) in [7, 11) is 0. The van der Waals surface area contributed by atoms with E-state index in [-0.39, 0.29) is 6.42 Å². The summed E-state index contributed by atoms with van der Waals surface area (Å²) in [6.45, 7) is 0.374. The van der Waals surface area contributed by atoms with Crippen LogP contribution in [0.2, 0.25) is 0 Å². The van der Waals surface area contributed by atoms with Crippen molar-refractivity contribution in [3.8, 4) is 5.75 Å². The second kappa shape index (κ2) is 9.71. The molecule has 0 unspecified atom stereocenters. The summed E-state index contributed by atoms with van der Waals surface area (Å²) in [6, 6.07) is 7.89. The fourth-order valence-corrected chi connectivity index (χ4v) is 4.21. The summed E-state index contributed by atoms with van der Waals surface area (Å²) >= 11 is 1.55. The number of carboxylic acid groups (broad SMARTS) is 1. The summed E-state index contributed by atoms with van der Waals surface area (Å²) in [5.41, 5.74) is 3.33. The van der Waals surface area contributed by atoms with Gasteiger partial charge in [0, 0.05) is 18.2 Å². The van der Waals surface area contributed by atoms with Gasteiger partial charge in [-0.3, -0.25) is 4.79 Å². The summed E-state index contributed by atoms with van der Waals surface area (Å²) < 4.78 is 6.55. The molecule has 0 aliphatic heterocycles. The maximum Gasteiger partial charge on any atom is 0.303 e. The molecule has 1 fully saturated rings. The largest absolute Gasteiger partial charge is 0.494 e. The van der Waals surface area contributed by atoms with Crippen LogP contribution >= 0.6 is 11.3 Å². The van der Waals surface area contributed by atoms with E-state index in [4.69, 9.17) is 14.8 Å². The molecule has 0 amide bonds. The quantitative estimate of drug-likeness (QED) is 0.417. The number of carboxylic acids is 1. The van der Waals surface area contributed by atoms with Gasteiger partial charge in [0.15, 0.2) is 11.5 Å². The molecule has 0 atom stereocenters. The Morgan fingerprint density at radius 1 is 1.17 bits per heavy atom. The van der Waals surface area contributed by atoms with Gasteiger partial charge < -0.3 is 20.5 Å². The van der Waals surface area contributed by atoms with E-state index < -0.39 is 5.97 Å². The second-order valence-electron chi connectivity index (χ2n) is 7.38. The van der Waals surface area contributed by atoms with Crippen molar-refractivity contribution < 1.29 is 14.6 Å². The third-order valence-electron chi connectivity index (χ3n) is 5.05. The van der Waals surface area contributed by atoms with Crippen LogP contribution < -0.4 is 15.4 Å². The number of rotatable bonds is 9. The molecule has 0 spiro atoms. The van der Waals surface area contributed by atoms with Crippen molar-refractivity contribution in [2.45, 2.75) is 51.0 Å². The lowest BCUT2D eigenvalue weighted by Gasteiger charge is -2.23. The summed E-state index contributed by atoms with van der Waals surface area (Å²) in [5.74, 6) is 1.23. The molecule has 1 aliphatic carbocycles. The van der Waals surface area contributed by atoms with E-state index >= 15 is 0 Å². The average molecular weight is 428 g/mol. The van der Waals surface area contributed by atoms with Crippen LogP contribution in [0.5, 0.6) is 5.75 Å². The summed E-state index contributed by atoms with van der Waals surface area (Å²) in [5, 5.41) is 15.5. The highest BCUT2D eigenvalue weighted by Crippen LogP contribution is 2.29. The van der Waals surface area contributed by atoms with Crippen molar-refractivity contribution in [1.29, 1.82) is 0 Å². The standard InChI is InChI=1S/C21H25N5O3S/c27-17(28)7-4-12-29-16-10-8-15(9-11-16)24-21-25-19-18(30-13-22-19)20(26-21)23-14-5-2-1-3-6-14/h8-11,13-14H,1-7,12H2,(H,27,28)(H2,23,24,25,26). The molecule has 158 valence electrons. The van der Waals surface area contributed by atoms with Crippen LogP contribution in [0.1, 0.15) is 44.9 Å². The molecule has 1 aromatic carbocycles. The zero-order valence-electron chi connectivity index (χ0n) is 16.6. The van der Waals surface area contributed by atoms with Crippen LogP contribution in [-0.4, -0.2) is 38.7 Å². The van der Waals surface area contributed by atoms with Crippen molar-refractivity contribution >= 4 is 45.1 Å². The van der Waals surface area contributed by atoms with Crippen LogP contribution in [0.15, 0.2) is 29.8 Å². The molecule has 4 rings (SSSR count). The third-order valence-corrected chi connectivity index (χ3v) is 5.88. The molecule has 3 aromatic rings. The average Bonchev–Trinajstić information content (AvgIpc) is 3.22. The van der Waals surface area contributed by atoms with Crippen LogP contribution in [0.25, 0.3) is 10.3 Å². The van der Waals surface area contributed by atoms with E-state index in [1.165, 1.54) is 32.1 Å². The Bertz CT molecular complexity index is 986. The molecule has 0 radical (unpaired) electrons. The molecule has 1 saturated carbocycles. The molecular weight excluding hydrogens is 402 g/mol. The van der Waals surface area contributed by atoms with Gasteiger partial charge in [-0.15, -0.1) is 11.3 Å². The zero-order valence-corrected chi connectivity index (χ0v) is 17.5. The van der Waals surface area contributed by atoms with Gasteiger partial charge in [0.1, 0.15) is 10.4 Å². The molecule has 2 heterocycles. The van der Waals surface area contributed by atoms with Gasteiger partial charge in [0.25, 0.3) is 0 Å². The Hall–Kier alpha value is -2.94. The number of nitrogens with zero attached hydrogens (tertiary/aromatic N) is 3. The number of fused-ring (bicyclic) bond motifs is 1. The van der Waals surface area contributed by atoms with Gasteiger partial charge in [0.05, 0.1) is 12.1 Å². The predicted octanol–water partition coefficient (Wildman–Crippen LogP) is 4.82. The van der Waals surface area contributed by atoms with Gasteiger partial charge in [-0.25, -0.2) is 4.98 Å². The molecule has 1 aliphatic rings. The Morgan fingerprint density at radius 3 is 2.73 bits per heavy atom. The Morgan fingerprint density at radius 2 is 1.97 bits per heavy atom. The predicted molar refractivity (Wildman–Crippen MR) is 118 cm³/mol. The second-order valence-corrected chi connectivity index (χ2v) is 8.23. The van der Waals surface area contributed by atoms with Crippen LogP contribution in [0.3, 0.4) is 0 Å². The van der Waals surface area contributed by atoms with Gasteiger partial charge in [0.2, 0.25) is 5.95 Å². The van der Waals surface area contributed by atoms with Gasteiger partial charge in [-0.05, 0) is 43.5 Å². The SMILES string of the molecule is O=C(O)CCCOc1ccc(Nc2nc(NC3CCCCC3)c3scnc3n2)cc1. The first-order chi connectivity index (χ1) is 14.7. The molecule has 0 saturated heterocycles. The lowest BCUT2D eigenvalue weighted by atomic mass is 9.95. The van der Waals surface area contributed by atoms with Crippen molar-refractivity contribution in [3.05, 3.63) is 29.8 Å². The first-order valence-corrected chi connectivity index (χ1v) is 11.1. The first-order valence-electron chi connectivity index (χ1n) is 10.3. The number of benzene rings is 1. The fraction of sp³-hybridized carbons (Fsp3) is 0.429. The number of nitrogens with one attached hydrogen (secondary N) is 2. The lowest BCUT2D eigenvalue weighted by molar-refractivity contribution is -0.137. The van der Waals surface area contributed by atoms with Crippen LogP contribution in [0, 0.1) is 0 Å². The highest BCUT2D eigenvalue weighted by Gasteiger charge is 2.17. The number of thiazole rings is 1. The maximum atomic E-state index is 10.5. The molecule has 3 N–H and O–H groups in total. The van der Waals surface area contributed by atoms with Gasteiger partial charge in [-0.1, -0.05) is 19.3 Å². The van der Waals surface area contributed by atoms with Crippen molar-refractivity contribution in [1.82, 2.24) is 15.0 Å². The first kappa shape index (κ1) is 20.3. The van der Waals surface area contributed by atoms with E-state index in [0.29, 0.717) is 36.4 Å². The summed E-state index contributed by atoms with van der Waals surface area (Å²) in [6.07, 6.45) is 6.74. The van der Waals surface area contributed by atoms with Crippen molar-refractivity contribution in [2.75, 3.05) is 17.2 Å². The van der Waals surface area contributed by atoms with E-state index in [1.54, 1.807) is 16.8 Å². The lowest BCUT2D eigenvalue weighted by Crippen LogP contribution is -2.23. The van der Waals surface area contributed by atoms with Gasteiger partial charge in [-0.2, -0.15) is 9.97 Å². The number of carbonyl (C=O) groups is 1. The van der Waals surface area contributed by atoms with E-state index in [2.05, 4.69) is 20.6 Å². The van der Waals surface area contributed by atoms with Crippen LogP contribution in [0.4, 0.5) is 17.5 Å². The molecule has 9 heteroatoms. The van der Waals surface area contributed by atoms with Crippen molar-refractivity contribution in [2.24, 2.45) is 0 Å². The minimum Gasteiger partial charge on any atom is -0.494 e. The topological polar surface area (TPSA) is 109 Å². The fourth-order valence-electron chi connectivity index (χ4n) is 3.53. The summed E-state index contributed by atoms with van der Waals surface area (Å²) in [4.78, 5) is 24.2. The van der Waals surface area contributed by atoms with Gasteiger partial charge >= 0.3 is 5.97 Å². The third kappa shape index (κ3) is 5.35. The number of aliphatic carboxylic acids is 1. The number of hydrogen-bond acceptors (Lipinski definition) is 8. The van der Waals surface area contributed by atoms with Crippen molar-refractivity contribution in [3.63, 3.8) is 0 Å². The molecule has 8 nitrogen and oxygen atoms in total. The smallest absolute Gasteiger partial charge is 0.303 e. The number of ether oxygens (including phenoxy) is 1. The molecule has 0 bridgehead atoms.